The summed E-state index contributed by atoms with van der Waals surface area (Å²) in [7, 11) is -4.27. The van der Waals surface area contributed by atoms with Crippen molar-refractivity contribution in [3.05, 3.63) is 58.4 Å². The summed E-state index contributed by atoms with van der Waals surface area (Å²) in [4.78, 5) is 16.4. The lowest BCUT2D eigenvalue weighted by molar-refractivity contribution is -0.705. The largest absolute Gasteiger partial charge is 0.494 e. The molecule has 29 heavy (non-hydrogen) atoms. The van der Waals surface area contributed by atoms with Crippen molar-refractivity contribution in [1.82, 2.24) is 10.3 Å². The molecule has 0 spiro atoms. The molecular weight excluding hydrogens is 416 g/mol. The number of rotatable bonds is 6. The van der Waals surface area contributed by atoms with Gasteiger partial charge in [0, 0.05) is 12.1 Å². The van der Waals surface area contributed by atoms with Gasteiger partial charge in [-0.1, -0.05) is 29.0 Å². The fourth-order valence-corrected chi connectivity index (χ4v) is 4.98. The van der Waals surface area contributed by atoms with E-state index in [1.165, 1.54) is 0 Å². The molecule has 0 bridgehead atoms. The lowest BCUT2D eigenvalue weighted by Crippen LogP contribution is -2.42. The topological polar surface area (TPSA) is 118 Å². The van der Waals surface area contributed by atoms with Gasteiger partial charge < -0.3 is 4.74 Å². The first-order valence-electron chi connectivity index (χ1n) is 8.64. The molecule has 150 valence electrons. The Labute approximate surface area is 169 Å². The van der Waals surface area contributed by atoms with Crippen molar-refractivity contribution >= 4 is 36.7 Å². The molecule has 11 heteroatoms. The molecule has 2 heterocycles. The summed E-state index contributed by atoms with van der Waals surface area (Å²) >= 11 is 1.14. The van der Waals surface area contributed by atoms with E-state index in [1.54, 1.807) is 42.5 Å². The van der Waals surface area contributed by atoms with Crippen molar-refractivity contribution in [2.24, 2.45) is 0 Å². The van der Waals surface area contributed by atoms with Crippen molar-refractivity contribution in [3.8, 4) is 11.4 Å². The van der Waals surface area contributed by atoms with E-state index in [0.717, 1.165) is 26.3 Å². The predicted octanol–water partition coefficient (Wildman–Crippen LogP) is 2.36. The Kier molecular flexibility index (Phi) is 4.84. The van der Waals surface area contributed by atoms with Crippen LogP contribution in [0.3, 0.4) is 0 Å². The number of aromatic amines is 1. The zero-order valence-electron chi connectivity index (χ0n) is 15.5. The van der Waals surface area contributed by atoms with Crippen LogP contribution in [-0.2, 0) is 10.0 Å². The summed E-state index contributed by atoms with van der Waals surface area (Å²) in [5.41, 5.74) is 1.03. The smallest absolute Gasteiger partial charge is 0.449 e. The van der Waals surface area contributed by atoms with E-state index in [4.69, 9.17) is 9.26 Å². The number of H-pyrrole nitrogens is 1. The van der Waals surface area contributed by atoms with E-state index in [9.17, 15) is 13.2 Å². The van der Waals surface area contributed by atoms with E-state index in [2.05, 4.69) is 15.0 Å². The van der Waals surface area contributed by atoms with Crippen molar-refractivity contribution in [2.75, 3.05) is 11.3 Å². The van der Waals surface area contributed by atoms with E-state index in [1.807, 2.05) is 13.8 Å². The Morgan fingerprint density at radius 2 is 2.00 bits per heavy atom. The highest BCUT2D eigenvalue weighted by atomic mass is 32.2. The van der Waals surface area contributed by atoms with Crippen LogP contribution in [-0.4, -0.2) is 25.3 Å². The molecule has 2 N–H and O–H groups in total. The van der Waals surface area contributed by atoms with Crippen LogP contribution < -0.4 is 19.8 Å². The number of nitrogens with one attached hydrogen (secondary N) is 2. The molecule has 0 atom stereocenters. The zero-order valence-corrected chi connectivity index (χ0v) is 17.1. The number of fused-ring (bicyclic) bond motifs is 1. The van der Waals surface area contributed by atoms with Crippen LogP contribution in [0, 0.1) is 6.92 Å². The third kappa shape index (κ3) is 3.74. The molecule has 2 aromatic heterocycles. The summed E-state index contributed by atoms with van der Waals surface area (Å²) in [6, 6.07) is 12.2. The minimum Gasteiger partial charge on any atom is -0.494 e. The number of hydrogen-bond acceptors (Lipinski definition) is 7. The van der Waals surface area contributed by atoms with Gasteiger partial charge in [0.15, 0.2) is 5.13 Å². The molecule has 0 fully saturated rings. The molecule has 0 radical (unpaired) electrons. The third-order valence-electron chi connectivity index (χ3n) is 4.05. The second-order valence-corrected chi connectivity index (χ2v) is 8.77. The number of hydrogen-bond donors (Lipinski definition) is 2. The van der Waals surface area contributed by atoms with Crippen molar-refractivity contribution in [2.45, 2.75) is 18.9 Å². The summed E-state index contributed by atoms with van der Waals surface area (Å²) in [5, 5.41) is 1.88. The molecular formula is C18H17N4O5S2+. The summed E-state index contributed by atoms with van der Waals surface area (Å²) in [5.74, 6) is 0.668. The van der Waals surface area contributed by atoms with Crippen molar-refractivity contribution in [3.63, 3.8) is 0 Å². The van der Waals surface area contributed by atoms with Crippen LogP contribution in [0.4, 0.5) is 5.13 Å². The monoisotopic (exact) mass is 433 g/mol. The fourth-order valence-electron chi connectivity index (χ4n) is 2.73. The molecule has 0 amide bonds. The first-order valence-corrected chi connectivity index (χ1v) is 10.9. The Hall–Kier alpha value is -3.18. The molecule has 9 nitrogen and oxygen atoms in total. The highest BCUT2D eigenvalue weighted by Gasteiger charge is 2.37. The molecule has 0 aliphatic heterocycles. The molecule has 0 aliphatic rings. The van der Waals surface area contributed by atoms with Gasteiger partial charge in [-0.05, 0) is 42.0 Å². The molecule has 0 aliphatic carbocycles. The second-order valence-electron chi connectivity index (χ2n) is 6.14. The molecule has 0 saturated carbocycles. The summed E-state index contributed by atoms with van der Waals surface area (Å²) in [6.07, 6.45) is 0. The SMILES string of the molecule is CCOc1ccc2nc(NS(=O)(=O)c3c(=O)o[nH][n+]3-c3ccc(C)cc3)sc2c1. The fraction of sp³-hybridized carbons (Fsp3) is 0.167. The van der Waals surface area contributed by atoms with Gasteiger partial charge in [-0.2, -0.15) is 8.42 Å². The third-order valence-corrected chi connectivity index (χ3v) is 6.43. The lowest BCUT2D eigenvalue weighted by atomic mass is 10.2. The Balaban J connectivity index is 1.71. The Bertz CT molecular complexity index is 1340. The maximum absolute atomic E-state index is 12.9. The molecule has 2 aromatic carbocycles. The van der Waals surface area contributed by atoms with Gasteiger partial charge in [0.1, 0.15) is 5.75 Å². The summed E-state index contributed by atoms with van der Waals surface area (Å²) < 4.78 is 40.2. The normalized spacial score (nSPS) is 11.7. The lowest BCUT2D eigenvalue weighted by Gasteiger charge is -2.00. The van der Waals surface area contributed by atoms with E-state index >= 15 is 0 Å². The van der Waals surface area contributed by atoms with Gasteiger partial charge >= 0.3 is 20.7 Å². The van der Waals surface area contributed by atoms with Crippen LogP contribution in [0.2, 0.25) is 0 Å². The van der Waals surface area contributed by atoms with Gasteiger partial charge in [0.05, 0.1) is 16.8 Å². The minimum atomic E-state index is -4.27. The van der Waals surface area contributed by atoms with Gasteiger partial charge in [-0.15, -0.1) is 0 Å². The zero-order chi connectivity index (χ0) is 20.6. The van der Waals surface area contributed by atoms with Crippen LogP contribution in [0.5, 0.6) is 5.75 Å². The number of aromatic nitrogens is 3. The molecule has 4 rings (SSSR count). The van der Waals surface area contributed by atoms with Crippen LogP contribution in [0.25, 0.3) is 15.9 Å². The maximum Gasteiger partial charge on any atom is 0.449 e. The van der Waals surface area contributed by atoms with Crippen molar-refractivity contribution in [1.29, 1.82) is 0 Å². The number of anilines is 1. The maximum atomic E-state index is 12.9. The van der Waals surface area contributed by atoms with Gasteiger partial charge in [-0.3, -0.25) is 4.52 Å². The van der Waals surface area contributed by atoms with Gasteiger partial charge in [0.25, 0.3) is 0 Å². The van der Waals surface area contributed by atoms with E-state index in [-0.39, 0.29) is 5.13 Å². The second kappa shape index (κ2) is 7.33. The number of sulfonamides is 1. The van der Waals surface area contributed by atoms with E-state index in [0.29, 0.717) is 23.6 Å². The first-order chi connectivity index (χ1) is 13.9. The Morgan fingerprint density at radius 1 is 1.24 bits per heavy atom. The first kappa shape index (κ1) is 19.2. The molecule has 4 aromatic rings. The van der Waals surface area contributed by atoms with Crippen LogP contribution in [0.1, 0.15) is 12.5 Å². The highest BCUT2D eigenvalue weighted by molar-refractivity contribution is 7.92. The predicted molar refractivity (Wildman–Crippen MR) is 107 cm³/mol. The number of benzene rings is 2. The van der Waals surface area contributed by atoms with Gasteiger partial charge in [-0.25, -0.2) is 14.5 Å². The number of ether oxygens (including phenoxy) is 1. The number of aryl methyl sites for hydroxylation is 1. The Morgan fingerprint density at radius 3 is 2.72 bits per heavy atom. The van der Waals surface area contributed by atoms with Crippen LogP contribution >= 0.6 is 11.3 Å². The average molecular weight is 433 g/mol. The minimum absolute atomic E-state index is 0.129. The average Bonchev–Trinajstić information content (AvgIpc) is 3.25. The highest BCUT2D eigenvalue weighted by Crippen LogP contribution is 2.30. The molecule has 0 saturated heterocycles. The number of thiazole rings is 1. The van der Waals surface area contributed by atoms with E-state index < -0.39 is 20.7 Å². The summed E-state index contributed by atoms with van der Waals surface area (Å²) in [6.45, 7) is 4.30. The van der Waals surface area contributed by atoms with Crippen molar-refractivity contribution < 1.29 is 22.4 Å². The van der Waals surface area contributed by atoms with Crippen LogP contribution in [0.15, 0.2) is 56.8 Å². The van der Waals surface area contributed by atoms with Gasteiger partial charge in [0.2, 0.25) is 5.69 Å². The quantitative estimate of drug-likeness (QED) is 0.451. The number of nitrogens with zero attached hydrogens (tertiary/aromatic N) is 2. The standard InChI is InChI=1S/C18H16N4O5S2/c1-3-26-13-8-9-14-15(10-13)28-18(19-14)20-29(24,25)16-17(23)27-21-22(16)12-6-4-11(2)5-7-12/h4-10H,3H2,1-2H3,(H-,19,20,21,23)/p+1. The molecule has 0 unspecified atom stereocenters.